The molecule has 27 heavy (non-hydrogen) atoms. The topological polar surface area (TPSA) is 82.9 Å². The molecule has 3 heterocycles. The number of aryl methyl sites for hydroxylation is 2. The van der Waals surface area contributed by atoms with Crippen LogP contribution < -0.4 is 4.90 Å². The van der Waals surface area contributed by atoms with Crippen molar-refractivity contribution >= 4 is 11.9 Å². The quantitative estimate of drug-likeness (QED) is 0.760. The molecule has 0 atom stereocenters. The molecule has 0 aliphatic carbocycles. The molecule has 8 heteroatoms. The molecular weight excluding hydrogens is 342 g/mol. The number of carbonyl (C=O) groups excluding carboxylic acids is 1. The van der Waals surface area contributed by atoms with E-state index in [9.17, 15) is 4.79 Å². The number of carbonyl (C=O) groups is 1. The number of nitrogens with one attached hydrogen (secondary N) is 1. The average Bonchev–Trinajstić information content (AvgIpc) is 3.32. The van der Waals surface area contributed by atoms with Crippen molar-refractivity contribution in [1.82, 2.24) is 29.9 Å². The zero-order valence-electron chi connectivity index (χ0n) is 15.6. The van der Waals surface area contributed by atoms with Gasteiger partial charge < -0.3 is 9.80 Å². The van der Waals surface area contributed by atoms with Crippen LogP contribution in [0.2, 0.25) is 0 Å². The van der Waals surface area contributed by atoms with Crippen LogP contribution in [0, 0.1) is 13.8 Å². The van der Waals surface area contributed by atoms with Crippen molar-refractivity contribution in [3.8, 4) is 0 Å². The fourth-order valence-corrected chi connectivity index (χ4v) is 3.47. The first-order chi connectivity index (χ1) is 13.1. The van der Waals surface area contributed by atoms with Gasteiger partial charge in [0.15, 0.2) is 0 Å². The molecule has 0 unspecified atom stereocenters. The molecule has 140 valence electrons. The largest absolute Gasteiger partial charge is 0.338 e. The lowest BCUT2D eigenvalue weighted by Gasteiger charge is -2.34. The van der Waals surface area contributed by atoms with Crippen LogP contribution in [0.1, 0.15) is 27.3 Å². The first-order valence-electron chi connectivity index (χ1n) is 9.10. The fraction of sp³-hybridized carbons (Fsp3) is 0.368. The number of benzene rings is 1. The first-order valence-corrected chi connectivity index (χ1v) is 9.10. The average molecular weight is 365 g/mol. The molecule has 1 N–H and O–H groups in total. The van der Waals surface area contributed by atoms with E-state index in [2.05, 4.69) is 31.2 Å². The van der Waals surface area contributed by atoms with Crippen LogP contribution in [-0.4, -0.2) is 61.9 Å². The van der Waals surface area contributed by atoms with Crippen LogP contribution in [0.25, 0.3) is 0 Å². The number of nitrogens with zero attached hydrogens (tertiary/aromatic N) is 6. The number of aromatic nitrogens is 5. The van der Waals surface area contributed by atoms with Gasteiger partial charge in [0.1, 0.15) is 6.33 Å². The van der Waals surface area contributed by atoms with Crippen molar-refractivity contribution in [2.45, 2.75) is 20.4 Å². The minimum Gasteiger partial charge on any atom is -0.338 e. The van der Waals surface area contributed by atoms with E-state index in [4.69, 9.17) is 0 Å². The maximum absolute atomic E-state index is 12.9. The third-order valence-corrected chi connectivity index (χ3v) is 4.88. The van der Waals surface area contributed by atoms with Gasteiger partial charge in [-0.15, -0.1) is 0 Å². The zero-order valence-corrected chi connectivity index (χ0v) is 15.6. The van der Waals surface area contributed by atoms with Gasteiger partial charge in [-0.05, 0) is 37.6 Å². The number of anilines is 1. The number of amides is 1. The SMILES string of the molecule is Cc1cc(C)n(Cc2cccc(C(=O)N3CCN(c4ncn[nH]4)CC3)c2)n1. The minimum absolute atomic E-state index is 0.0717. The summed E-state index contributed by atoms with van der Waals surface area (Å²) in [4.78, 5) is 21.1. The first kappa shape index (κ1) is 17.3. The lowest BCUT2D eigenvalue weighted by molar-refractivity contribution is 0.0746. The van der Waals surface area contributed by atoms with Gasteiger partial charge in [0.2, 0.25) is 5.95 Å². The third-order valence-electron chi connectivity index (χ3n) is 4.88. The Kier molecular flexibility index (Phi) is 4.62. The highest BCUT2D eigenvalue weighted by Gasteiger charge is 2.23. The van der Waals surface area contributed by atoms with Crippen LogP contribution in [-0.2, 0) is 6.54 Å². The Morgan fingerprint density at radius 3 is 2.63 bits per heavy atom. The number of hydrogen-bond donors (Lipinski definition) is 1. The number of piperazine rings is 1. The van der Waals surface area contributed by atoms with E-state index >= 15 is 0 Å². The van der Waals surface area contributed by atoms with Crippen LogP contribution >= 0.6 is 0 Å². The van der Waals surface area contributed by atoms with E-state index in [1.807, 2.05) is 47.7 Å². The van der Waals surface area contributed by atoms with Gasteiger partial charge in [0.25, 0.3) is 5.91 Å². The van der Waals surface area contributed by atoms with E-state index < -0.39 is 0 Å². The van der Waals surface area contributed by atoms with Crippen molar-refractivity contribution in [2.24, 2.45) is 0 Å². The summed E-state index contributed by atoms with van der Waals surface area (Å²) in [6, 6.07) is 9.90. The van der Waals surface area contributed by atoms with Crippen molar-refractivity contribution in [1.29, 1.82) is 0 Å². The summed E-state index contributed by atoms with van der Waals surface area (Å²) in [6.07, 6.45) is 1.50. The predicted molar refractivity (Wildman–Crippen MR) is 102 cm³/mol. The maximum Gasteiger partial charge on any atom is 0.253 e. The summed E-state index contributed by atoms with van der Waals surface area (Å²) in [6.45, 7) is 7.52. The Hall–Kier alpha value is -3.16. The smallest absolute Gasteiger partial charge is 0.253 e. The Morgan fingerprint density at radius 2 is 1.96 bits per heavy atom. The van der Waals surface area contributed by atoms with Gasteiger partial charge in [0.05, 0.1) is 12.2 Å². The maximum atomic E-state index is 12.9. The highest BCUT2D eigenvalue weighted by Crippen LogP contribution is 2.15. The Labute approximate surface area is 157 Å². The molecule has 1 aliphatic rings. The standard InChI is InChI=1S/C19H23N7O/c1-14-10-15(2)26(23-14)12-16-4-3-5-17(11-16)18(27)24-6-8-25(9-7-24)19-20-13-21-22-19/h3-5,10-11,13H,6-9,12H2,1-2H3,(H,20,21,22). The van der Waals surface area contributed by atoms with Gasteiger partial charge >= 0.3 is 0 Å². The minimum atomic E-state index is 0.0717. The summed E-state index contributed by atoms with van der Waals surface area (Å²) in [5.74, 6) is 0.830. The molecule has 4 rings (SSSR count). The van der Waals surface area contributed by atoms with E-state index in [1.54, 1.807) is 0 Å². The molecular formula is C19H23N7O. The molecule has 1 amide bonds. The molecule has 1 saturated heterocycles. The number of rotatable bonds is 4. The van der Waals surface area contributed by atoms with Gasteiger partial charge in [0, 0.05) is 37.4 Å². The summed E-state index contributed by atoms with van der Waals surface area (Å²) in [5.41, 5.74) is 3.92. The van der Waals surface area contributed by atoms with Gasteiger partial charge in [-0.25, -0.2) is 5.10 Å². The molecule has 1 aromatic carbocycles. The molecule has 0 bridgehead atoms. The summed E-state index contributed by atoms with van der Waals surface area (Å²) in [5, 5.41) is 11.3. The highest BCUT2D eigenvalue weighted by molar-refractivity contribution is 5.94. The fourth-order valence-electron chi connectivity index (χ4n) is 3.47. The molecule has 0 radical (unpaired) electrons. The van der Waals surface area contributed by atoms with Crippen molar-refractivity contribution in [3.05, 3.63) is 59.2 Å². The molecule has 1 aliphatic heterocycles. The number of hydrogen-bond acceptors (Lipinski definition) is 5. The van der Waals surface area contributed by atoms with Crippen LogP contribution in [0.5, 0.6) is 0 Å². The number of H-pyrrole nitrogens is 1. The Balaban J connectivity index is 1.43. The van der Waals surface area contributed by atoms with E-state index in [0.717, 1.165) is 41.6 Å². The lowest BCUT2D eigenvalue weighted by Crippen LogP contribution is -2.49. The lowest BCUT2D eigenvalue weighted by atomic mass is 10.1. The van der Waals surface area contributed by atoms with E-state index in [-0.39, 0.29) is 5.91 Å². The highest BCUT2D eigenvalue weighted by atomic mass is 16.2. The Bertz CT molecular complexity index is 923. The monoisotopic (exact) mass is 365 g/mol. The second kappa shape index (κ2) is 7.22. The van der Waals surface area contributed by atoms with E-state index in [1.165, 1.54) is 6.33 Å². The van der Waals surface area contributed by atoms with Crippen LogP contribution in [0.15, 0.2) is 36.7 Å². The van der Waals surface area contributed by atoms with Crippen molar-refractivity contribution in [2.75, 3.05) is 31.1 Å². The molecule has 0 spiro atoms. The summed E-state index contributed by atoms with van der Waals surface area (Å²) >= 11 is 0. The van der Waals surface area contributed by atoms with Crippen LogP contribution in [0.4, 0.5) is 5.95 Å². The molecule has 0 saturated carbocycles. The van der Waals surface area contributed by atoms with Crippen molar-refractivity contribution in [3.63, 3.8) is 0 Å². The summed E-state index contributed by atoms with van der Waals surface area (Å²) in [7, 11) is 0. The van der Waals surface area contributed by atoms with E-state index in [0.29, 0.717) is 19.6 Å². The van der Waals surface area contributed by atoms with Gasteiger partial charge in [-0.3, -0.25) is 9.48 Å². The van der Waals surface area contributed by atoms with Gasteiger partial charge in [-0.1, -0.05) is 12.1 Å². The van der Waals surface area contributed by atoms with Crippen molar-refractivity contribution < 1.29 is 4.79 Å². The Morgan fingerprint density at radius 1 is 1.15 bits per heavy atom. The van der Waals surface area contributed by atoms with Crippen LogP contribution in [0.3, 0.4) is 0 Å². The normalized spacial score (nSPS) is 14.6. The molecule has 1 fully saturated rings. The second-order valence-corrected chi connectivity index (χ2v) is 6.87. The molecule has 3 aromatic rings. The molecule has 8 nitrogen and oxygen atoms in total. The number of aromatic amines is 1. The van der Waals surface area contributed by atoms with Gasteiger partial charge in [-0.2, -0.15) is 15.2 Å². The molecule has 2 aromatic heterocycles. The predicted octanol–water partition coefficient (Wildman–Crippen LogP) is 1.63. The third kappa shape index (κ3) is 3.69. The second-order valence-electron chi connectivity index (χ2n) is 6.87. The summed E-state index contributed by atoms with van der Waals surface area (Å²) < 4.78 is 1.97. The zero-order chi connectivity index (χ0) is 18.8.